The fourth-order valence-corrected chi connectivity index (χ4v) is 2.92. The Hall–Kier alpha value is -2.80. The number of pyridine rings is 1. The molecular weight excluding hydrogens is 308 g/mol. The van der Waals surface area contributed by atoms with Crippen LogP contribution in [0, 0.1) is 0 Å². The van der Waals surface area contributed by atoms with Gasteiger partial charge in [-0.2, -0.15) is 0 Å². The van der Waals surface area contributed by atoms with Crippen molar-refractivity contribution in [2.75, 3.05) is 18.5 Å². The summed E-state index contributed by atoms with van der Waals surface area (Å²) in [6.07, 6.45) is 2.52. The van der Waals surface area contributed by atoms with Crippen LogP contribution in [0.5, 0.6) is 5.75 Å². The number of nitrogens with zero attached hydrogens (tertiary/aromatic N) is 1. The van der Waals surface area contributed by atoms with Gasteiger partial charge in [0.25, 0.3) is 5.56 Å². The van der Waals surface area contributed by atoms with Crippen molar-refractivity contribution in [1.82, 2.24) is 15.2 Å². The smallest absolute Gasteiger partial charge is 0.271 e. The Morgan fingerprint density at radius 3 is 3.04 bits per heavy atom. The van der Waals surface area contributed by atoms with E-state index in [-0.39, 0.29) is 17.7 Å². The summed E-state index contributed by atoms with van der Waals surface area (Å²) >= 11 is 0. The molecule has 3 N–H and O–H groups in total. The molecule has 1 fully saturated rings. The predicted octanol–water partition coefficient (Wildman–Crippen LogP) is 1.90. The van der Waals surface area contributed by atoms with Gasteiger partial charge in [-0.25, -0.2) is 4.98 Å². The van der Waals surface area contributed by atoms with Gasteiger partial charge >= 0.3 is 0 Å². The Morgan fingerprint density at radius 2 is 2.17 bits per heavy atom. The van der Waals surface area contributed by atoms with Crippen molar-refractivity contribution in [3.05, 3.63) is 52.9 Å². The Labute approximate surface area is 138 Å². The van der Waals surface area contributed by atoms with Crippen molar-refractivity contribution < 1.29 is 9.47 Å². The maximum atomic E-state index is 11.5. The summed E-state index contributed by atoms with van der Waals surface area (Å²) in [5.74, 6) is 1.54. The lowest BCUT2D eigenvalue weighted by Gasteiger charge is -2.30. The lowest BCUT2D eigenvalue weighted by molar-refractivity contribution is 0.000773. The molecule has 0 amide bonds. The van der Waals surface area contributed by atoms with E-state index in [0.717, 1.165) is 17.8 Å². The van der Waals surface area contributed by atoms with Crippen LogP contribution in [0.2, 0.25) is 0 Å². The van der Waals surface area contributed by atoms with E-state index in [1.54, 1.807) is 18.3 Å². The molecule has 0 radical (unpaired) electrons. The van der Waals surface area contributed by atoms with Gasteiger partial charge in [-0.15, -0.1) is 0 Å². The van der Waals surface area contributed by atoms with E-state index >= 15 is 0 Å². The van der Waals surface area contributed by atoms with Crippen molar-refractivity contribution in [3.8, 4) is 5.75 Å². The first kappa shape index (κ1) is 14.8. The maximum Gasteiger partial charge on any atom is 0.271 e. The van der Waals surface area contributed by atoms with Crippen LogP contribution in [-0.4, -0.2) is 40.5 Å². The van der Waals surface area contributed by atoms with E-state index in [4.69, 9.17) is 9.47 Å². The van der Waals surface area contributed by atoms with Crippen molar-refractivity contribution in [3.63, 3.8) is 0 Å². The largest absolute Gasteiger partial charge is 0.488 e. The number of benzene rings is 1. The topological polar surface area (TPSA) is 92.0 Å². The number of anilines is 1. The van der Waals surface area contributed by atoms with Crippen molar-refractivity contribution in [1.29, 1.82) is 0 Å². The highest BCUT2D eigenvalue weighted by Gasteiger charge is 2.24. The Kier molecular flexibility index (Phi) is 3.92. The van der Waals surface area contributed by atoms with Gasteiger partial charge in [0.15, 0.2) is 0 Å². The van der Waals surface area contributed by atoms with Gasteiger partial charge in [0.1, 0.15) is 17.7 Å². The number of ether oxygens (including phenoxy) is 2. The van der Waals surface area contributed by atoms with E-state index in [9.17, 15) is 4.79 Å². The minimum atomic E-state index is -0.128. The van der Waals surface area contributed by atoms with Crippen LogP contribution in [0.15, 0.2) is 47.4 Å². The quantitative estimate of drug-likeness (QED) is 0.681. The predicted molar refractivity (Wildman–Crippen MR) is 90.4 cm³/mol. The Morgan fingerprint density at radius 1 is 1.21 bits per heavy atom. The minimum absolute atomic E-state index is 0.0527. The van der Waals surface area contributed by atoms with E-state index in [1.807, 2.05) is 24.3 Å². The molecule has 2 atom stereocenters. The molecule has 0 aliphatic carbocycles. The first-order valence-corrected chi connectivity index (χ1v) is 7.90. The fourth-order valence-electron chi connectivity index (χ4n) is 2.92. The molecule has 0 bridgehead atoms. The molecule has 1 aliphatic heterocycles. The first-order chi connectivity index (χ1) is 11.8. The number of H-pyrrole nitrogens is 2. The van der Waals surface area contributed by atoms with Gasteiger partial charge < -0.3 is 14.8 Å². The molecule has 7 heteroatoms. The molecule has 0 spiro atoms. The average Bonchev–Trinajstić information content (AvgIpc) is 2.97. The SMILES string of the molecule is O=c1[nH][nH]c2cc(OC3COCC(Nc4ccccn4)C3)ccc12. The summed E-state index contributed by atoms with van der Waals surface area (Å²) in [4.78, 5) is 15.8. The van der Waals surface area contributed by atoms with Crippen LogP contribution in [-0.2, 0) is 4.74 Å². The maximum absolute atomic E-state index is 11.5. The molecular formula is C17H18N4O3. The van der Waals surface area contributed by atoms with E-state index in [2.05, 4.69) is 20.5 Å². The lowest BCUT2D eigenvalue weighted by atomic mass is 10.1. The van der Waals surface area contributed by atoms with Crippen LogP contribution < -0.4 is 15.6 Å². The second-order valence-electron chi connectivity index (χ2n) is 5.86. The standard InChI is InChI=1S/C17H18N4O3/c22-17-14-5-4-12(8-15(14)20-21-17)24-13-7-11(9-23-10-13)19-16-3-1-2-6-18-16/h1-6,8,11,13H,7,9-10H2,(H,18,19)(H2,20,21,22). The van der Waals surface area contributed by atoms with Gasteiger partial charge in [-0.05, 0) is 24.3 Å². The molecule has 3 heterocycles. The van der Waals surface area contributed by atoms with Crippen LogP contribution in [0.4, 0.5) is 5.82 Å². The summed E-state index contributed by atoms with van der Waals surface area (Å²) in [5.41, 5.74) is 0.606. The Balaban J connectivity index is 1.42. The highest BCUT2D eigenvalue weighted by molar-refractivity contribution is 5.79. The summed E-state index contributed by atoms with van der Waals surface area (Å²) in [6.45, 7) is 1.17. The zero-order chi connectivity index (χ0) is 16.4. The second-order valence-corrected chi connectivity index (χ2v) is 5.86. The highest BCUT2D eigenvalue weighted by atomic mass is 16.5. The van der Waals surface area contributed by atoms with E-state index in [0.29, 0.717) is 24.3 Å². The highest BCUT2D eigenvalue weighted by Crippen LogP contribution is 2.21. The van der Waals surface area contributed by atoms with Crippen LogP contribution in [0.25, 0.3) is 10.9 Å². The van der Waals surface area contributed by atoms with Gasteiger partial charge in [0.05, 0.1) is 30.2 Å². The molecule has 124 valence electrons. The lowest BCUT2D eigenvalue weighted by Crippen LogP contribution is -2.40. The molecule has 2 aromatic heterocycles. The summed E-state index contributed by atoms with van der Waals surface area (Å²) in [5, 5.41) is 9.38. The van der Waals surface area contributed by atoms with Crippen molar-refractivity contribution in [2.45, 2.75) is 18.6 Å². The van der Waals surface area contributed by atoms with Gasteiger partial charge in [0, 0.05) is 18.7 Å². The third-order valence-corrected chi connectivity index (χ3v) is 4.04. The number of nitrogens with one attached hydrogen (secondary N) is 3. The summed E-state index contributed by atoms with van der Waals surface area (Å²) in [6, 6.07) is 11.3. The van der Waals surface area contributed by atoms with Crippen molar-refractivity contribution in [2.24, 2.45) is 0 Å². The number of aromatic amines is 2. The summed E-state index contributed by atoms with van der Waals surface area (Å²) < 4.78 is 11.7. The third kappa shape index (κ3) is 3.11. The molecule has 7 nitrogen and oxygen atoms in total. The number of aromatic nitrogens is 3. The molecule has 2 unspecified atom stereocenters. The van der Waals surface area contributed by atoms with E-state index < -0.39 is 0 Å². The molecule has 1 aromatic carbocycles. The monoisotopic (exact) mass is 326 g/mol. The number of hydrogen-bond acceptors (Lipinski definition) is 5. The molecule has 1 aliphatic rings. The number of rotatable bonds is 4. The number of fused-ring (bicyclic) bond motifs is 1. The Bertz CT molecular complexity index is 874. The second kappa shape index (κ2) is 6.37. The zero-order valence-corrected chi connectivity index (χ0v) is 13.0. The van der Waals surface area contributed by atoms with Gasteiger partial charge in [-0.3, -0.25) is 15.0 Å². The van der Waals surface area contributed by atoms with E-state index in [1.165, 1.54) is 0 Å². The molecule has 3 aromatic rings. The summed E-state index contributed by atoms with van der Waals surface area (Å²) in [7, 11) is 0. The van der Waals surface area contributed by atoms with Gasteiger partial charge in [-0.1, -0.05) is 6.07 Å². The molecule has 1 saturated heterocycles. The molecule has 0 saturated carbocycles. The van der Waals surface area contributed by atoms with Gasteiger partial charge in [0.2, 0.25) is 0 Å². The normalized spacial score (nSPS) is 20.8. The third-order valence-electron chi connectivity index (χ3n) is 4.04. The number of hydrogen-bond donors (Lipinski definition) is 3. The molecule has 24 heavy (non-hydrogen) atoms. The molecule has 4 rings (SSSR count). The fraction of sp³-hybridized carbons (Fsp3) is 0.294. The van der Waals surface area contributed by atoms with Crippen LogP contribution in [0.3, 0.4) is 0 Å². The van der Waals surface area contributed by atoms with Crippen LogP contribution >= 0.6 is 0 Å². The first-order valence-electron chi connectivity index (χ1n) is 7.90. The zero-order valence-electron chi connectivity index (χ0n) is 13.0. The van der Waals surface area contributed by atoms with Crippen LogP contribution in [0.1, 0.15) is 6.42 Å². The van der Waals surface area contributed by atoms with Crippen molar-refractivity contribution >= 4 is 16.7 Å². The average molecular weight is 326 g/mol. The minimum Gasteiger partial charge on any atom is -0.488 e.